The molecule has 0 radical (unpaired) electrons. The van der Waals surface area contributed by atoms with E-state index in [1.165, 1.54) is 0 Å². The van der Waals surface area contributed by atoms with E-state index >= 15 is 0 Å². The van der Waals surface area contributed by atoms with Crippen molar-refractivity contribution in [2.24, 2.45) is 0 Å². The number of amides is 1. The Morgan fingerprint density at radius 3 is 0.367 bits per heavy atom. The summed E-state index contributed by atoms with van der Waals surface area (Å²) >= 11 is 0. The molecule has 0 bridgehead atoms. The monoisotopic (exact) mass is 1790 g/mol. The number of hydrogen-bond acceptors (Lipinski definition) is 40. The van der Waals surface area contributed by atoms with Gasteiger partial charge in [0.1, 0.15) is 0 Å². The van der Waals surface area contributed by atoms with Crippen molar-refractivity contribution in [3.05, 3.63) is 0 Å². The number of ether oxygens (including phenoxy) is 37. The van der Waals surface area contributed by atoms with Gasteiger partial charge in [-0.05, 0) is 6.26 Å². The highest BCUT2D eigenvalue weighted by Crippen LogP contribution is 2.15. The quantitative estimate of drug-likeness (QED) is 0.0669. The Kier molecular flexibility index (Phi) is 114. The van der Waals surface area contributed by atoms with Gasteiger partial charge in [0.2, 0.25) is 5.91 Å². The second kappa shape index (κ2) is 116. The van der Waals surface area contributed by atoms with E-state index in [0.717, 1.165) is 5.75 Å². The van der Waals surface area contributed by atoms with Gasteiger partial charge in [0.15, 0.2) is 0 Å². The minimum Gasteiger partial charge on any atom is -0.382 e. The van der Waals surface area contributed by atoms with Crippen molar-refractivity contribution in [1.29, 1.82) is 0 Å². The third-order valence-corrected chi connectivity index (χ3v) is 16.4. The first kappa shape index (κ1) is 119. The fourth-order valence-electron chi connectivity index (χ4n) is 8.51. The summed E-state index contributed by atoms with van der Waals surface area (Å²) in [4.78, 5) is 11.7. The molecular formula is C79H159NO38S2. The zero-order valence-electron chi connectivity index (χ0n) is 73.1. The summed E-state index contributed by atoms with van der Waals surface area (Å²) in [6.45, 7) is 35.9. The van der Waals surface area contributed by atoms with Gasteiger partial charge in [-0.1, -0.05) is 21.6 Å². The van der Waals surface area contributed by atoms with Crippen molar-refractivity contribution in [2.75, 3.05) is 508 Å². The molecule has 0 aliphatic carbocycles. The van der Waals surface area contributed by atoms with Crippen LogP contribution in [0.1, 0.15) is 6.42 Å². The Bertz CT molecular complexity index is 1770. The van der Waals surface area contributed by atoms with Crippen LogP contribution < -0.4 is 5.32 Å². The first-order chi connectivity index (χ1) is 59.8. The lowest BCUT2D eigenvalue weighted by atomic mass is 10.4. The molecule has 39 nitrogen and oxygen atoms in total. The van der Waals surface area contributed by atoms with Crippen molar-refractivity contribution in [2.45, 2.75) is 6.42 Å². The summed E-state index contributed by atoms with van der Waals surface area (Å²) in [6.07, 6.45) is 2.37. The first-order valence-electron chi connectivity index (χ1n) is 42.5. The second-order valence-corrected chi connectivity index (χ2v) is 26.8. The molecule has 0 spiro atoms. The van der Waals surface area contributed by atoms with Gasteiger partial charge in [0.05, 0.1) is 482 Å². The van der Waals surface area contributed by atoms with Crippen LogP contribution in [0.4, 0.5) is 0 Å². The van der Waals surface area contributed by atoms with E-state index in [0.29, 0.717) is 495 Å². The second-order valence-electron chi connectivity index (χ2n) is 24.1. The van der Waals surface area contributed by atoms with E-state index in [1.807, 2.05) is 6.26 Å². The molecule has 0 aromatic rings. The summed E-state index contributed by atoms with van der Waals surface area (Å²) in [7, 11) is 5.05. The Hall–Kier alpha value is -1.31. The molecule has 0 rings (SSSR count). The SMILES string of the molecule is COCCOCCOCCOCCOCCOCCOCCOCCOCCOCCOCCOCCOCCOCCOCCOCCOCCOCCOCCOCCOCCOCCOCCOCCOCCOCCOCCOCCOCCOCCOCCOCCOCCOCCOCCOCCOCCC(=O)NCCSSC. The van der Waals surface area contributed by atoms with Crippen LogP contribution in [0.25, 0.3) is 0 Å². The maximum atomic E-state index is 11.7. The number of methoxy groups -OCH3 is 1. The lowest BCUT2D eigenvalue weighted by molar-refractivity contribution is -0.122. The summed E-state index contributed by atoms with van der Waals surface area (Å²) in [5.74, 6) is 0.898. The van der Waals surface area contributed by atoms with Gasteiger partial charge in [0, 0.05) is 25.8 Å². The van der Waals surface area contributed by atoms with E-state index in [2.05, 4.69) is 5.32 Å². The third-order valence-electron chi connectivity index (χ3n) is 14.6. The van der Waals surface area contributed by atoms with E-state index in [-0.39, 0.29) is 5.91 Å². The molecule has 0 aromatic carbocycles. The molecular weight excluding hydrogens is 1630 g/mol. The van der Waals surface area contributed by atoms with Crippen LogP contribution in [0.5, 0.6) is 0 Å². The molecule has 1 N–H and O–H groups in total. The lowest BCUT2D eigenvalue weighted by Crippen LogP contribution is -2.26. The van der Waals surface area contributed by atoms with Gasteiger partial charge in [-0.3, -0.25) is 4.79 Å². The van der Waals surface area contributed by atoms with Gasteiger partial charge in [0.25, 0.3) is 0 Å². The molecule has 120 heavy (non-hydrogen) atoms. The van der Waals surface area contributed by atoms with Crippen LogP contribution in [0, 0.1) is 0 Å². The number of rotatable bonds is 115. The Morgan fingerprint density at radius 1 is 0.167 bits per heavy atom. The van der Waals surface area contributed by atoms with Gasteiger partial charge in [-0.2, -0.15) is 0 Å². The molecule has 720 valence electrons. The Balaban J connectivity index is 3.11. The van der Waals surface area contributed by atoms with Crippen LogP contribution in [0.15, 0.2) is 0 Å². The molecule has 0 aliphatic rings. The van der Waals surface area contributed by atoms with Crippen molar-refractivity contribution in [3.63, 3.8) is 0 Å². The van der Waals surface area contributed by atoms with Gasteiger partial charge in [-0.15, -0.1) is 0 Å². The van der Waals surface area contributed by atoms with E-state index in [4.69, 9.17) is 175 Å². The van der Waals surface area contributed by atoms with E-state index in [9.17, 15) is 4.79 Å². The first-order valence-corrected chi connectivity index (χ1v) is 45.2. The minimum atomic E-state index is 0.00422. The Labute approximate surface area is 724 Å². The van der Waals surface area contributed by atoms with E-state index in [1.54, 1.807) is 28.7 Å². The van der Waals surface area contributed by atoms with Crippen molar-refractivity contribution >= 4 is 27.5 Å². The molecule has 0 atom stereocenters. The minimum absolute atomic E-state index is 0.00422. The maximum absolute atomic E-state index is 11.7. The summed E-state index contributed by atoms with van der Waals surface area (Å²) in [5.41, 5.74) is 0. The van der Waals surface area contributed by atoms with E-state index < -0.39 is 0 Å². The smallest absolute Gasteiger partial charge is 0.222 e. The molecule has 0 saturated heterocycles. The van der Waals surface area contributed by atoms with Gasteiger partial charge >= 0.3 is 0 Å². The average molecular weight is 1800 g/mol. The fraction of sp³-hybridized carbons (Fsp3) is 0.987. The molecule has 41 heteroatoms. The zero-order valence-corrected chi connectivity index (χ0v) is 74.7. The molecule has 0 fully saturated rings. The standard InChI is InChI=1S/C79H159NO38S2/c1-82-6-7-84-10-11-86-14-15-88-18-19-90-22-23-92-26-27-94-30-31-96-34-35-98-38-39-100-42-43-102-46-47-104-50-51-106-54-55-108-58-59-110-62-63-112-66-67-114-70-71-116-74-75-118-77-76-117-73-72-115-69-68-113-65-64-111-61-60-109-57-56-107-53-52-105-49-48-103-45-44-101-41-40-99-37-36-97-33-32-95-29-28-93-25-24-91-21-20-89-17-16-87-13-12-85-9-8-83-5-3-79(81)80-4-78-120-119-2/h3-78H2,1-2H3,(H,80,81). The molecule has 0 heterocycles. The highest BCUT2D eigenvalue weighted by atomic mass is 33.1. The fourth-order valence-corrected chi connectivity index (χ4v) is 9.61. The van der Waals surface area contributed by atoms with Crippen LogP contribution in [0.2, 0.25) is 0 Å². The van der Waals surface area contributed by atoms with Crippen LogP contribution in [-0.4, -0.2) is 514 Å². The predicted octanol–water partition coefficient (Wildman–Crippen LogP) is 1.75. The number of nitrogens with one attached hydrogen (secondary N) is 1. The van der Waals surface area contributed by atoms with Crippen molar-refractivity contribution < 1.29 is 180 Å². The molecule has 0 saturated carbocycles. The largest absolute Gasteiger partial charge is 0.382 e. The van der Waals surface area contributed by atoms with Crippen LogP contribution in [-0.2, 0) is 180 Å². The number of hydrogen-bond donors (Lipinski definition) is 1. The molecule has 0 aromatic heterocycles. The van der Waals surface area contributed by atoms with Crippen molar-refractivity contribution in [3.8, 4) is 0 Å². The normalized spacial score (nSPS) is 11.8. The van der Waals surface area contributed by atoms with Crippen LogP contribution in [0.3, 0.4) is 0 Å². The predicted molar refractivity (Wildman–Crippen MR) is 445 cm³/mol. The Morgan fingerprint density at radius 2 is 0.267 bits per heavy atom. The molecule has 0 aliphatic heterocycles. The van der Waals surface area contributed by atoms with Crippen LogP contribution >= 0.6 is 21.6 Å². The highest BCUT2D eigenvalue weighted by Gasteiger charge is 2.06. The maximum Gasteiger partial charge on any atom is 0.222 e. The summed E-state index contributed by atoms with van der Waals surface area (Å²) in [6, 6.07) is 0. The summed E-state index contributed by atoms with van der Waals surface area (Å²) < 4.78 is 204. The average Bonchev–Trinajstić information content (AvgIpc) is 1.06. The van der Waals surface area contributed by atoms with Gasteiger partial charge in [-0.25, -0.2) is 0 Å². The lowest BCUT2D eigenvalue weighted by Gasteiger charge is -2.09. The van der Waals surface area contributed by atoms with Gasteiger partial charge < -0.3 is 181 Å². The highest BCUT2D eigenvalue weighted by molar-refractivity contribution is 8.76. The number of carbonyl (C=O) groups is 1. The third kappa shape index (κ3) is 115. The zero-order chi connectivity index (χ0) is 85.6. The molecule has 1 amide bonds. The van der Waals surface area contributed by atoms with Crippen molar-refractivity contribution in [1.82, 2.24) is 5.32 Å². The topological polar surface area (TPSA) is 371 Å². The number of carbonyl (C=O) groups excluding carboxylic acids is 1. The molecule has 0 unspecified atom stereocenters. The summed E-state index contributed by atoms with van der Waals surface area (Å²) in [5, 5.41) is 2.86.